The number of ether oxygens (including phenoxy) is 1. The summed E-state index contributed by atoms with van der Waals surface area (Å²) < 4.78 is 20.3. The molecule has 0 aliphatic heterocycles. The molecule has 1 unspecified atom stereocenters. The van der Waals surface area contributed by atoms with Crippen LogP contribution in [0.3, 0.4) is 0 Å². The molecule has 4 aromatic rings. The van der Waals surface area contributed by atoms with Gasteiger partial charge in [0.25, 0.3) is 0 Å². The van der Waals surface area contributed by atoms with Crippen molar-refractivity contribution in [3.05, 3.63) is 96.2 Å². The van der Waals surface area contributed by atoms with E-state index < -0.39 is 11.9 Å². The van der Waals surface area contributed by atoms with Gasteiger partial charge in [-0.05, 0) is 59.7 Å². The standard InChI is InChI=1S/C24H20ClFN4O2/c25-30(20-5-7-21(8-6-20)32-14-17-2-1-3-19(26)11-17)23(24(27)31)12-16-4-9-22-18(10-16)13-28-15-29-22/h1-11,13,15,23H,12,14H2,(H2,27,31). The Morgan fingerprint density at radius 1 is 1.09 bits per heavy atom. The molecular formula is C24H20ClFN4O2. The van der Waals surface area contributed by atoms with E-state index in [1.807, 2.05) is 18.2 Å². The summed E-state index contributed by atoms with van der Waals surface area (Å²) in [4.78, 5) is 20.4. The SMILES string of the molecule is NC(=O)C(Cc1ccc2ncncc2c1)N(Cl)c1ccc(OCc2cccc(F)c2)cc1. The van der Waals surface area contributed by atoms with Crippen LogP contribution in [-0.2, 0) is 17.8 Å². The monoisotopic (exact) mass is 450 g/mol. The van der Waals surface area contributed by atoms with Crippen LogP contribution in [0.4, 0.5) is 10.1 Å². The number of hydrogen-bond acceptors (Lipinski definition) is 5. The van der Waals surface area contributed by atoms with Gasteiger partial charge in [-0.2, -0.15) is 0 Å². The van der Waals surface area contributed by atoms with Crippen molar-refractivity contribution in [1.82, 2.24) is 9.97 Å². The van der Waals surface area contributed by atoms with Crippen LogP contribution in [0.1, 0.15) is 11.1 Å². The van der Waals surface area contributed by atoms with E-state index in [9.17, 15) is 9.18 Å². The molecule has 0 fully saturated rings. The minimum Gasteiger partial charge on any atom is -0.489 e. The summed E-state index contributed by atoms with van der Waals surface area (Å²) in [7, 11) is 0. The van der Waals surface area contributed by atoms with Crippen LogP contribution < -0.4 is 14.9 Å². The van der Waals surface area contributed by atoms with Crippen LogP contribution in [0.2, 0.25) is 0 Å². The maximum atomic E-state index is 13.3. The van der Waals surface area contributed by atoms with E-state index in [0.717, 1.165) is 22.0 Å². The molecule has 1 atom stereocenters. The summed E-state index contributed by atoms with van der Waals surface area (Å²) in [6, 6.07) is 18.1. The molecular weight excluding hydrogens is 431 g/mol. The molecule has 0 saturated heterocycles. The molecule has 0 saturated carbocycles. The molecule has 1 aromatic heterocycles. The van der Waals surface area contributed by atoms with Crippen LogP contribution in [0.15, 0.2) is 79.3 Å². The Labute approximate surface area is 189 Å². The van der Waals surface area contributed by atoms with Gasteiger partial charge in [-0.3, -0.25) is 9.21 Å². The third kappa shape index (κ3) is 5.12. The van der Waals surface area contributed by atoms with Crippen molar-refractivity contribution in [2.75, 3.05) is 4.42 Å². The van der Waals surface area contributed by atoms with Crippen molar-refractivity contribution in [2.45, 2.75) is 19.1 Å². The number of benzene rings is 3. The Morgan fingerprint density at radius 3 is 2.66 bits per heavy atom. The minimum atomic E-state index is -0.766. The molecule has 1 heterocycles. The smallest absolute Gasteiger partial charge is 0.241 e. The number of anilines is 1. The first-order chi connectivity index (χ1) is 15.5. The number of hydrogen-bond donors (Lipinski definition) is 1. The zero-order valence-corrected chi connectivity index (χ0v) is 17.7. The van der Waals surface area contributed by atoms with Gasteiger partial charge in [0.15, 0.2) is 0 Å². The quantitative estimate of drug-likeness (QED) is 0.402. The maximum absolute atomic E-state index is 13.3. The number of nitrogens with zero attached hydrogens (tertiary/aromatic N) is 3. The first-order valence-electron chi connectivity index (χ1n) is 9.90. The summed E-state index contributed by atoms with van der Waals surface area (Å²) >= 11 is 6.50. The first kappa shape index (κ1) is 21.5. The maximum Gasteiger partial charge on any atom is 0.241 e. The summed E-state index contributed by atoms with van der Waals surface area (Å²) in [5.41, 5.74) is 8.67. The molecule has 2 N–H and O–H groups in total. The van der Waals surface area contributed by atoms with Gasteiger partial charge in [0.1, 0.15) is 30.5 Å². The zero-order chi connectivity index (χ0) is 22.5. The van der Waals surface area contributed by atoms with Crippen LogP contribution >= 0.6 is 11.8 Å². The average molecular weight is 451 g/mol. The highest BCUT2D eigenvalue weighted by molar-refractivity contribution is 6.27. The van der Waals surface area contributed by atoms with Gasteiger partial charge in [-0.1, -0.05) is 18.2 Å². The highest BCUT2D eigenvalue weighted by Gasteiger charge is 2.24. The Kier molecular flexibility index (Phi) is 6.47. The van der Waals surface area contributed by atoms with Gasteiger partial charge in [-0.15, -0.1) is 0 Å². The van der Waals surface area contributed by atoms with Gasteiger partial charge >= 0.3 is 0 Å². The Bertz CT molecular complexity index is 1240. The largest absolute Gasteiger partial charge is 0.489 e. The highest BCUT2D eigenvalue weighted by atomic mass is 35.5. The predicted molar refractivity (Wildman–Crippen MR) is 122 cm³/mol. The third-order valence-electron chi connectivity index (χ3n) is 4.98. The molecule has 0 radical (unpaired) electrons. The molecule has 4 rings (SSSR count). The summed E-state index contributed by atoms with van der Waals surface area (Å²) in [6.07, 6.45) is 3.52. The lowest BCUT2D eigenvalue weighted by atomic mass is 10.0. The lowest BCUT2D eigenvalue weighted by molar-refractivity contribution is -0.119. The summed E-state index contributed by atoms with van der Waals surface area (Å²) in [5.74, 6) is -0.264. The third-order valence-corrected chi connectivity index (χ3v) is 5.41. The normalized spacial score (nSPS) is 11.8. The highest BCUT2D eigenvalue weighted by Crippen LogP contribution is 2.26. The lowest BCUT2D eigenvalue weighted by Gasteiger charge is -2.25. The number of fused-ring (bicyclic) bond motifs is 1. The van der Waals surface area contributed by atoms with E-state index in [0.29, 0.717) is 17.9 Å². The molecule has 1 amide bonds. The number of amides is 1. The van der Waals surface area contributed by atoms with Crippen LogP contribution in [0, 0.1) is 5.82 Å². The predicted octanol–water partition coefficient (Wildman–Crippen LogP) is 4.40. The molecule has 3 aromatic carbocycles. The number of carbonyl (C=O) groups excluding carboxylic acids is 1. The zero-order valence-electron chi connectivity index (χ0n) is 17.0. The minimum absolute atomic E-state index is 0.233. The summed E-state index contributed by atoms with van der Waals surface area (Å²) in [5, 5.41) is 0.870. The average Bonchev–Trinajstić information content (AvgIpc) is 2.81. The summed E-state index contributed by atoms with van der Waals surface area (Å²) in [6.45, 7) is 0.233. The number of rotatable bonds is 8. The Hall–Kier alpha value is -3.71. The molecule has 0 aliphatic carbocycles. The van der Waals surface area contributed by atoms with Crippen LogP contribution in [-0.4, -0.2) is 21.9 Å². The fraction of sp³-hybridized carbons (Fsp3) is 0.125. The molecule has 0 spiro atoms. The van der Waals surface area contributed by atoms with Crippen molar-refractivity contribution >= 4 is 34.3 Å². The van der Waals surface area contributed by atoms with Crippen LogP contribution in [0.25, 0.3) is 10.9 Å². The van der Waals surface area contributed by atoms with Crippen molar-refractivity contribution < 1.29 is 13.9 Å². The van der Waals surface area contributed by atoms with E-state index in [4.69, 9.17) is 22.2 Å². The van der Waals surface area contributed by atoms with E-state index in [1.54, 1.807) is 42.6 Å². The van der Waals surface area contributed by atoms with Gasteiger partial charge < -0.3 is 10.5 Å². The Morgan fingerprint density at radius 2 is 1.91 bits per heavy atom. The fourth-order valence-electron chi connectivity index (χ4n) is 3.33. The van der Waals surface area contributed by atoms with E-state index in [-0.39, 0.29) is 12.4 Å². The molecule has 162 valence electrons. The second kappa shape index (κ2) is 9.62. The second-order valence-corrected chi connectivity index (χ2v) is 7.63. The van der Waals surface area contributed by atoms with Gasteiger partial charge in [0.05, 0.1) is 11.2 Å². The van der Waals surface area contributed by atoms with Gasteiger partial charge in [-0.25, -0.2) is 14.4 Å². The number of nitrogens with two attached hydrogens (primary N) is 1. The molecule has 8 heteroatoms. The van der Waals surface area contributed by atoms with Gasteiger partial charge in [0.2, 0.25) is 5.91 Å². The van der Waals surface area contributed by atoms with E-state index in [1.165, 1.54) is 22.9 Å². The molecule has 0 bridgehead atoms. The molecule has 6 nitrogen and oxygen atoms in total. The number of carbonyl (C=O) groups is 1. The second-order valence-electron chi connectivity index (χ2n) is 7.26. The molecule has 0 aliphatic rings. The van der Waals surface area contributed by atoms with E-state index >= 15 is 0 Å². The number of primary amides is 1. The topological polar surface area (TPSA) is 81.3 Å². The van der Waals surface area contributed by atoms with Crippen LogP contribution in [0.5, 0.6) is 5.75 Å². The fourth-order valence-corrected chi connectivity index (χ4v) is 3.61. The lowest BCUT2D eigenvalue weighted by Crippen LogP contribution is -2.41. The molecule has 32 heavy (non-hydrogen) atoms. The van der Waals surface area contributed by atoms with Crippen molar-refractivity contribution in [3.8, 4) is 5.75 Å². The van der Waals surface area contributed by atoms with Crippen molar-refractivity contribution in [3.63, 3.8) is 0 Å². The van der Waals surface area contributed by atoms with Gasteiger partial charge in [0, 0.05) is 29.8 Å². The number of aromatic nitrogens is 2. The van der Waals surface area contributed by atoms with Crippen molar-refractivity contribution in [1.29, 1.82) is 0 Å². The van der Waals surface area contributed by atoms with Crippen molar-refractivity contribution in [2.24, 2.45) is 5.73 Å². The van der Waals surface area contributed by atoms with E-state index in [2.05, 4.69) is 9.97 Å². The number of halogens is 2. The Balaban J connectivity index is 1.45. The first-order valence-corrected chi connectivity index (χ1v) is 10.2.